The number of fused-ring (bicyclic) bond motifs is 1. The normalized spacial score (nSPS) is 10.7. The lowest BCUT2D eigenvalue weighted by atomic mass is 10.1. The molecule has 5 heteroatoms. The van der Waals surface area contributed by atoms with Crippen LogP contribution in [-0.2, 0) is 6.42 Å². The fourth-order valence-electron chi connectivity index (χ4n) is 3.02. The highest BCUT2D eigenvalue weighted by Gasteiger charge is 2.04. The van der Waals surface area contributed by atoms with Gasteiger partial charge >= 0.3 is 0 Å². The van der Waals surface area contributed by atoms with Gasteiger partial charge in [-0.15, -0.1) is 0 Å². The summed E-state index contributed by atoms with van der Waals surface area (Å²) in [5, 5.41) is 7.81. The van der Waals surface area contributed by atoms with Crippen LogP contribution in [0.15, 0.2) is 79.3 Å². The van der Waals surface area contributed by atoms with E-state index in [2.05, 4.69) is 49.9 Å². The van der Waals surface area contributed by atoms with Crippen LogP contribution in [0, 0.1) is 0 Å². The van der Waals surface area contributed by atoms with Crippen molar-refractivity contribution in [1.29, 1.82) is 0 Å². The van der Waals surface area contributed by atoms with Gasteiger partial charge in [0.1, 0.15) is 18.0 Å². The van der Waals surface area contributed by atoms with Crippen LogP contribution in [0.25, 0.3) is 10.9 Å². The highest BCUT2D eigenvalue weighted by molar-refractivity contribution is 5.91. The van der Waals surface area contributed by atoms with E-state index >= 15 is 0 Å². The monoisotopic (exact) mass is 355 g/mol. The second-order valence-corrected chi connectivity index (χ2v) is 6.31. The molecule has 0 bridgehead atoms. The third kappa shape index (κ3) is 4.39. The van der Waals surface area contributed by atoms with Crippen LogP contribution in [0.5, 0.6) is 0 Å². The minimum Gasteiger partial charge on any atom is -0.370 e. The van der Waals surface area contributed by atoms with E-state index in [0.29, 0.717) is 0 Å². The molecule has 2 N–H and O–H groups in total. The predicted molar refractivity (Wildman–Crippen MR) is 110 cm³/mol. The number of rotatable bonds is 7. The number of aryl methyl sites for hydroxylation is 1. The third-order valence-electron chi connectivity index (χ3n) is 4.35. The average Bonchev–Trinajstić information content (AvgIpc) is 2.73. The first kappa shape index (κ1) is 17.0. The minimum atomic E-state index is 0.744. The zero-order valence-electron chi connectivity index (χ0n) is 15.0. The molecule has 0 saturated carbocycles. The Morgan fingerprint density at radius 3 is 2.56 bits per heavy atom. The largest absolute Gasteiger partial charge is 0.370 e. The van der Waals surface area contributed by atoms with Gasteiger partial charge in [-0.2, -0.15) is 0 Å². The molecule has 134 valence electrons. The van der Waals surface area contributed by atoms with Crippen LogP contribution >= 0.6 is 0 Å². The summed E-state index contributed by atoms with van der Waals surface area (Å²) in [6.45, 7) is 0.862. The average molecular weight is 355 g/mol. The number of hydrogen-bond acceptors (Lipinski definition) is 5. The molecule has 4 aromatic rings. The van der Waals surface area contributed by atoms with Crippen LogP contribution in [0.4, 0.5) is 17.3 Å². The number of hydrogen-bond donors (Lipinski definition) is 2. The standard InChI is InChI=1S/C22H21N5/c1-2-7-17(8-3-1)9-5-13-23-20-15-21(26-16-25-20)27-19-12-4-10-18-11-6-14-24-22(18)19/h1-4,6-8,10-12,14-16H,5,9,13H2,(H2,23,25,26,27). The molecule has 2 aromatic heterocycles. The smallest absolute Gasteiger partial charge is 0.135 e. The summed E-state index contributed by atoms with van der Waals surface area (Å²) in [5.74, 6) is 1.56. The Balaban J connectivity index is 1.39. The van der Waals surface area contributed by atoms with Crippen molar-refractivity contribution in [1.82, 2.24) is 15.0 Å². The second kappa shape index (κ2) is 8.27. The maximum Gasteiger partial charge on any atom is 0.135 e. The molecule has 0 aliphatic heterocycles. The molecule has 5 nitrogen and oxygen atoms in total. The van der Waals surface area contributed by atoms with Gasteiger partial charge in [-0.25, -0.2) is 9.97 Å². The van der Waals surface area contributed by atoms with Crippen molar-refractivity contribution in [2.75, 3.05) is 17.2 Å². The first-order valence-electron chi connectivity index (χ1n) is 9.09. The molecule has 0 atom stereocenters. The van der Waals surface area contributed by atoms with E-state index < -0.39 is 0 Å². The van der Waals surface area contributed by atoms with E-state index in [-0.39, 0.29) is 0 Å². The number of nitrogens with zero attached hydrogens (tertiary/aromatic N) is 3. The molecule has 0 amide bonds. The lowest BCUT2D eigenvalue weighted by Crippen LogP contribution is -2.06. The summed E-state index contributed by atoms with van der Waals surface area (Å²) in [7, 11) is 0. The van der Waals surface area contributed by atoms with E-state index in [1.54, 1.807) is 12.5 Å². The van der Waals surface area contributed by atoms with E-state index in [4.69, 9.17) is 0 Å². The predicted octanol–water partition coefficient (Wildman–Crippen LogP) is 4.81. The molecule has 0 radical (unpaired) electrons. The summed E-state index contributed by atoms with van der Waals surface area (Å²) >= 11 is 0. The Bertz CT molecular complexity index is 1010. The highest BCUT2D eigenvalue weighted by atomic mass is 15.1. The fourth-order valence-corrected chi connectivity index (χ4v) is 3.02. The molecule has 27 heavy (non-hydrogen) atoms. The van der Waals surface area contributed by atoms with Crippen LogP contribution < -0.4 is 10.6 Å². The van der Waals surface area contributed by atoms with Crippen molar-refractivity contribution in [3.05, 3.63) is 84.8 Å². The Labute approximate surface area is 158 Å². The van der Waals surface area contributed by atoms with Crippen LogP contribution in [0.1, 0.15) is 12.0 Å². The van der Waals surface area contributed by atoms with E-state index in [1.165, 1.54) is 5.56 Å². The Hall–Kier alpha value is -3.47. The number of para-hydroxylation sites is 1. The first-order chi connectivity index (χ1) is 13.4. The van der Waals surface area contributed by atoms with E-state index in [9.17, 15) is 0 Å². The van der Waals surface area contributed by atoms with Gasteiger partial charge in [-0.05, 0) is 30.5 Å². The number of anilines is 3. The molecule has 0 aliphatic carbocycles. The fraction of sp³-hybridized carbons (Fsp3) is 0.136. The summed E-state index contributed by atoms with van der Waals surface area (Å²) in [5.41, 5.74) is 3.21. The zero-order valence-corrected chi connectivity index (χ0v) is 15.0. The number of aromatic nitrogens is 3. The van der Waals surface area contributed by atoms with Crippen LogP contribution in [0.2, 0.25) is 0 Å². The van der Waals surface area contributed by atoms with E-state index in [0.717, 1.165) is 47.6 Å². The Morgan fingerprint density at radius 2 is 1.63 bits per heavy atom. The van der Waals surface area contributed by atoms with Gasteiger partial charge in [0.2, 0.25) is 0 Å². The quantitative estimate of drug-likeness (QED) is 0.466. The molecular weight excluding hydrogens is 334 g/mol. The molecule has 2 aromatic carbocycles. The topological polar surface area (TPSA) is 62.7 Å². The van der Waals surface area contributed by atoms with Crippen molar-refractivity contribution in [3.8, 4) is 0 Å². The van der Waals surface area contributed by atoms with Crippen molar-refractivity contribution >= 4 is 28.2 Å². The minimum absolute atomic E-state index is 0.744. The molecule has 4 rings (SSSR count). The summed E-state index contributed by atoms with van der Waals surface area (Å²) in [6, 6.07) is 22.5. The van der Waals surface area contributed by atoms with Gasteiger partial charge in [0.15, 0.2) is 0 Å². The highest BCUT2D eigenvalue weighted by Crippen LogP contribution is 2.24. The second-order valence-electron chi connectivity index (χ2n) is 6.31. The van der Waals surface area contributed by atoms with Gasteiger partial charge in [-0.1, -0.05) is 48.5 Å². The van der Waals surface area contributed by atoms with Gasteiger partial charge < -0.3 is 10.6 Å². The number of pyridine rings is 1. The Morgan fingerprint density at radius 1 is 0.778 bits per heavy atom. The molecule has 0 spiro atoms. The molecule has 0 unspecified atom stereocenters. The van der Waals surface area contributed by atoms with Crippen LogP contribution in [0.3, 0.4) is 0 Å². The zero-order chi connectivity index (χ0) is 18.3. The Kier molecular flexibility index (Phi) is 5.20. The lowest BCUT2D eigenvalue weighted by Gasteiger charge is -2.10. The number of benzene rings is 2. The maximum absolute atomic E-state index is 4.47. The molecule has 0 aliphatic rings. The summed E-state index contributed by atoms with van der Waals surface area (Å²) in [4.78, 5) is 13.1. The molecular formula is C22H21N5. The van der Waals surface area contributed by atoms with Gasteiger partial charge in [-0.3, -0.25) is 4.98 Å². The molecule has 2 heterocycles. The lowest BCUT2D eigenvalue weighted by molar-refractivity contribution is 0.858. The third-order valence-corrected chi connectivity index (χ3v) is 4.35. The van der Waals surface area contributed by atoms with Crippen molar-refractivity contribution in [2.45, 2.75) is 12.8 Å². The maximum atomic E-state index is 4.47. The van der Waals surface area contributed by atoms with Gasteiger partial charge in [0.25, 0.3) is 0 Å². The summed E-state index contributed by atoms with van der Waals surface area (Å²) in [6.07, 6.45) is 5.46. The molecule has 0 saturated heterocycles. The first-order valence-corrected chi connectivity index (χ1v) is 9.09. The van der Waals surface area contributed by atoms with Crippen molar-refractivity contribution in [2.24, 2.45) is 0 Å². The van der Waals surface area contributed by atoms with Gasteiger partial charge in [0.05, 0.1) is 11.2 Å². The van der Waals surface area contributed by atoms with Crippen LogP contribution in [-0.4, -0.2) is 21.5 Å². The van der Waals surface area contributed by atoms with Crippen molar-refractivity contribution in [3.63, 3.8) is 0 Å². The SMILES string of the molecule is c1ccc(CCCNc2cc(Nc3cccc4cccnc34)ncn2)cc1. The number of nitrogens with one attached hydrogen (secondary N) is 2. The van der Waals surface area contributed by atoms with Crippen molar-refractivity contribution < 1.29 is 0 Å². The van der Waals surface area contributed by atoms with E-state index in [1.807, 2.05) is 42.5 Å². The summed E-state index contributed by atoms with van der Waals surface area (Å²) < 4.78 is 0. The molecule has 0 fully saturated rings. The van der Waals surface area contributed by atoms with Gasteiger partial charge in [0, 0.05) is 24.2 Å².